The Hall–Kier alpha value is -7.21. The lowest BCUT2D eigenvalue weighted by molar-refractivity contribution is 1.21. The van der Waals surface area contributed by atoms with Crippen molar-refractivity contribution in [2.75, 3.05) is 4.90 Å². The number of fused-ring (bicyclic) bond motifs is 4. The standard InChI is InChI=1S/C54H40N2/c1-5-18-46-49-37(4)43(40-25-17-27-42(33-40)56(48-30-15-12-19-35(48)2)54-36(3)20-16-26-41(54)34-55)31-32-47(49)53-51(39-23-10-7-11-24-39)45-29-14-13-28-44(45)50(52(46)53)38-21-8-6-9-22-38/h5-33H,1H2,2-4H3/b46-18+. The third-order valence-corrected chi connectivity index (χ3v) is 11.3. The van der Waals surface area contributed by atoms with Crippen molar-refractivity contribution in [3.8, 4) is 50.6 Å². The van der Waals surface area contributed by atoms with E-state index in [1.165, 1.54) is 66.4 Å². The Morgan fingerprint density at radius 1 is 0.518 bits per heavy atom. The number of hydrogen-bond acceptors (Lipinski definition) is 2. The summed E-state index contributed by atoms with van der Waals surface area (Å²) in [6.45, 7) is 10.7. The fraction of sp³-hybridized carbons (Fsp3) is 0.0556. The zero-order chi connectivity index (χ0) is 38.3. The Morgan fingerprint density at radius 2 is 1.09 bits per heavy atom. The molecule has 2 heteroatoms. The third-order valence-electron chi connectivity index (χ3n) is 11.3. The average Bonchev–Trinajstić information content (AvgIpc) is 3.56. The maximum atomic E-state index is 10.3. The van der Waals surface area contributed by atoms with Crippen LogP contribution in [0.25, 0.3) is 60.9 Å². The number of nitriles is 1. The van der Waals surface area contributed by atoms with E-state index in [1.54, 1.807) is 0 Å². The highest BCUT2D eigenvalue weighted by Gasteiger charge is 2.33. The molecule has 0 saturated carbocycles. The van der Waals surface area contributed by atoms with Crippen LogP contribution < -0.4 is 4.90 Å². The van der Waals surface area contributed by atoms with Crippen molar-refractivity contribution in [2.24, 2.45) is 0 Å². The third kappa shape index (κ3) is 5.56. The van der Waals surface area contributed by atoms with Gasteiger partial charge in [0.1, 0.15) is 6.07 Å². The summed E-state index contributed by atoms with van der Waals surface area (Å²) in [5.41, 5.74) is 20.3. The lowest BCUT2D eigenvalue weighted by Gasteiger charge is -2.29. The maximum absolute atomic E-state index is 10.3. The second-order valence-electron chi connectivity index (χ2n) is 14.5. The maximum Gasteiger partial charge on any atom is 0.101 e. The minimum absolute atomic E-state index is 0.639. The minimum Gasteiger partial charge on any atom is -0.309 e. The molecular formula is C54H40N2. The quantitative estimate of drug-likeness (QED) is 0.164. The molecule has 0 aromatic heterocycles. The Labute approximate surface area is 329 Å². The molecule has 0 amide bonds. The van der Waals surface area contributed by atoms with Crippen LogP contribution in [-0.2, 0) is 0 Å². The monoisotopic (exact) mass is 716 g/mol. The molecule has 0 aliphatic heterocycles. The van der Waals surface area contributed by atoms with Gasteiger partial charge in [-0.15, -0.1) is 0 Å². The molecule has 8 aromatic rings. The van der Waals surface area contributed by atoms with E-state index in [9.17, 15) is 5.26 Å². The second kappa shape index (κ2) is 14.2. The summed E-state index contributed by atoms with van der Waals surface area (Å²) in [6, 6.07) is 60.7. The Bertz CT molecular complexity index is 2910. The van der Waals surface area contributed by atoms with Crippen LogP contribution in [0.1, 0.15) is 33.4 Å². The Kier molecular flexibility index (Phi) is 8.77. The molecular weight excluding hydrogens is 677 g/mol. The van der Waals surface area contributed by atoms with Gasteiger partial charge >= 0.3 is 0 Å². The van der Waals surface area contributed by atoms with Gasteiger partial charge in [0.05, 0.1) is 11.3 Å². The van der Waals surface area contributed by atoms with Gasteiger partial charge in [-0.25, -0.2) is 0 Å². The Morgan fingerprint density at radius 3 is 1.75 bits per heavy atom. The van der Waals surface area contributed by atoms with Gasteiger partial charge in [-0.3, -0.25) is 0 Å². The molecule has 0 radical (unpaired) electrons. The lowest BCUT2D eigenvalue weighted by atomic mass is 9.83. The van der Waals surface area contributed by atoms with Crippen LogP contribution in [0.4, 0.5) is 17.1 Å². The van der Waals surface area contributed by atoms with E-state index >= 15 is 0 Å². The van der Waals surface area contributed by atoms with Crippen molar-refractivity contribution in [2.45, 2.75) is 20.8 Å². The van der Waals surface area contributed by atoms with Crippen LogP contribution in [-0.4, -0.2) is 0 Å². The normalized spacial score (nSPS) is 12.3. The summed E-state index contributed by atoms with van der Waals surface area (Å²) in [6.07, 6.45) is 4.14. The first-order chi connectivity index (χ1) is 27.5. The highest BCUT2D eigenvalue weighted by molar-refractivity contribution is 6.21. The number of hydrogen-bond donors (Lipinski definition) is 0. The molecule has 0 bridgehead atoms. The fourth-order valence-corrected chi connectivity index (χ4v) is 8.84. The van der Waals surface area contributed by atoms with Crippen LogP contribution in [0.2, 0.25) is 0 Å². The number of allylic oxidation sites excluding steroid dienone is 2. The summed E-state index contributed by atoms with van der Waals surface area (Å²) < 4.78 is 0. The van der Waals surface area contributed by atoms with Crippen molar-refractivity contribution in [1.29, 1.82) is 5.26 Å². The van der Waals surface area contributed by atoms with Crippen LogP contribution in [0.15, 0.2) is 183 Å². The summed E-state index contributed by atoms with van der Waals surface area (Å²) in [5, 5.41) is 12.8. The summed E-state index contributed by atoms with van der Waals surface area (Å²) in [7, 11) is 0. The van der Waals surface area contributed by atoms with Crippen molar-refractivity contribution < 1.29 is 0 Å². The molecule has 0 unspecified atom stereocenters. The van der Waals surface area contributed by atoms with Crippen molar-refractivity contribution >= 4 is 33.4 Å². The number of benzene rings is 8. The molecule has 8 aromatic carbocycles. The number of rotatable bonds is 7. The molecule has 0 fully saturated rings. The predicted octanol–water partition coefficient (Wildman–Crippen LogP) is 14.7. The molecule has 1 aliphatic carbocycles. The minimum atomic E-state index is 0.639. The molecule has 0 saturated heterocycles. The SMILES string of the molecule is C=C/C=C1\c2c(ccc(-c3cccc(N(c4ccccc4C)c4c(C)cccc4C#N)c3)c2C)-c2c1c(-c1ccccc1)c1ccccc1c2-c1ccccc1. The summed E-state index contributed by atoms with van der Waals surface area (Å²) >= 11 is 0. The van der Waals surface area contributed by atoms with E-state index in [1.807, 2.05) is 18.2 Å². The highest BCUT2D eigenvalue weighted by Crippen LogP contribution is 2.57. The van der Waals surface area contributed by atoms with Gasteiger partial charge in [-0.1, -0.05) is 158 Å². The number of aryl methyl sites for hydroxylation is 2. The molecule has 0 heterocycles. The van der Waals surface area contributed by atoms with Gasteiger partial charge in [0.2, 0.25) is 0 Å². The van der Waals surface area contributed by atoms with E-state index in [0.717, 1.165) is 39.3 Å². The Balaban J connectivity index is 1.31. The number of anilines is 3. The first-order valence-corrected chi connectivity index (χ1v) is 19.1. The van der Waals surface area contributed by atoms with E-state index in [0.29, 0.717) is 5.56 Å². The molecule has 1 aliphatic rings. The van der Waals surface area contributed by atoms with Gasteiger partial charge in [-0.2, -0.15) is 5.26 Å². The van der Waals surface area contributed by atoms with Crippen LogP contribution in [0.5, 0.6) is 0 Å². The molecule has 2 nitrogen and oxygen atoms in total. The van der Waals surface area contributed by atoms with E-state index in [-0.39, 0.29) is 0 Å². The molecule has 0 spiro atoms. The van der Waals surface area contributed by atoms with Crippen molar-refractivity contribution in [1.82, 2.24) is 0 Å². The van der Waals surface area contributed by atoms with Gasteiger partial charge in [0.15, 0.2) is 0 Å². The molecule has 266 valence electrons. The molecule has 56 heavy (non-hydrogen) atoms. The van der Waals surface area contributed by atoms with Crippen LogP contribution in [0, 0.1) is 32.1 Å². The average molecular weight is 717 g/mol. The van der Waals surface area contributed by atoms with Gasteiger partial charge in [0.25, 0.3) is 0 Å². The molecule has 0 atom stereocenters. The van der Waals surface area contributed by atoms with Gasteiger partial charge in [0, 0.05) is 11.4 Å². The van der Waals surface area contributed by atoms with Gasteiger partial charge < -0.3 is 4.90 Å². The van der Waals surface area contributed by atoms with Crippen molar-refractivity contribution in [3.63, 3.8) is 0 Å². The van der Waals surface area contributed by atoms with Crippen LogP contribution >= 0.6 is 0 Å². The number of nitrogens with zero attached hydrogens (tertiary/aromatic N) is 2. The second-order valence-corrected chi connectivity index (χ2v) is 14.5. The summed E-state index contributed by atoms with van der Waals surface area (Å²) in [4.78, 5) is 2.25. The predicted molar refractivity (Wildman–Crippen MR) is 237 cm³/mol. The van der Waals surface area contributed by atoms with Crippen molar-refractivity contribution in [3.05, 3.63) is 216 Å². The molecule has 9 rings (SSSR count). The zero-order valence-corrected chi connectivity index (χ0v) is 31.8. The lowest BCUT2D eigenvalue weighted by Crippen LogP contribution is -2.14. The van der Waals surface area contributed by atoms with E-state index in [4.69, 9.17) is 0 Å². The first-order valence-electron chi connectivity index (χ1n) is 19.1. The smallest absolute Gasteiger partial charge is 0.101 e. The van der Waals surface area contributed by atoms with E-state index in [2.05, 4.69) is 196 Å². The van der Waals surface area contributed by atoms with Gasteiger partial charge in [-0.05, 0) is 134 Å². The molecule has 0 N–H and O–H groups in total. The van der Waals surface area contributed by atoms with E-state index < -0.39 is 0 Å². The van der Waals surface area contributed by atoms with Crippen LogP contribution in [0.3, 0.4) is 0 Å². The first kappa shape index (κ1) is 34.6. The number of para-hydroxylation sites is 2. The largest absolute Gasteiger partial charge is 0.309 e. The highest BCUT2D eigenvalue weighted by atomic mass is 15.1. The zero-order valence-electron chi connectivity index (χ0n) is 31.8. The fourth-order valence-electron chi connectivity index (χ4n) is 8.84. The topological polar surface area (TPSA) is 27.0 Å². The summed E-state index contributed by atoms with van der Waals surface area (Å²) in [5.74, 6) is 0.